The summed E-state index contributed by atoms with van der Waals surface area (Å²) >= 11 is 0. The van der Waals surface area contributed by atoms with Crippen LogP contribution < -0.4 is 4.74 Å². The van der Waals surface area contributed by atoms with Crippen LogP contribution >= 0.6 is 0 Å². The number of likely N-dealkylation sites (tertiary alicyclic amines) is 1. The lowest BCUT2D eigenvalue weighted by atomic mass is 9.87. The van der Waals surface area contributed by atoms with Crippen LogP contribution in [0.2, 0.25) is 0 Å². The Kier molecular flexibility index (Phi) is 7.80. The molecule has 1 aromatic carbocycles. The van der Waals surface area contributed by atoms with E-state index in [1.54, 1.807) is 0 Å². The molecule has 0 bridgehead atoms. The van der Waals surface area contributed by atoms with E-state index >= 15 is 0 Å². The van der Waals surface area contributed by atoms with Gasteiger partial charge in [-0.25, -0.2) is 0 Å². The van der Waals surface area contributed by atoms with Gasteiger partial charge in [-0.2, -0.15) is 0 Å². The van der Waals surface area contributed by atoms with Gasteiger partial charge in [0, 0.05) is 6.54 Å². The SMILES string of the molecule is CC(C)(C)OC[C@H]1CC[C@H](Oc2ccc3c(c2)CCC(CN2CCC(C(=O)O)CC2)=C3)CC1. The second-order valence-electron chi connectivity index (χ2n) is 11.2. The molecule has 3 aliphatic rings. The van der Waals surface area contributed by atoms with Crippen molar-refractivity contribution in [3.05, 3.63) is 34.9 Å². The van der Waals surface area contributed by atoms with E-state index in [-0.39, 0.29) is 11.5 Å². The van der Waals surface area contributed by atoms with E-state index in [2.05, 4.69) is 49.9 Å². The molecule has 5 nitrogen and oxygen atoms in total. The summed E-state index contributed by atoms with van der Waals surface area (Å²) < 4.78 is 12.4. The van der Waals surface area contributed by atoms with E-state index in [1.807, 2.05) is 0 Å². The fraction of sp³-hybridized carbons (Fsp3) is 0.679. The summed E-state index contributed by atoms with van der Waals surface area (Å²) in [6.07, 6.45) is 10.9. The van der Waals surface area contributed by atoms with Crippen LogP contribution in [-0.4, -0.2) is 53.9 Å². The molecule has 5 heteroatoms. The minimum Gasteiger partial charge on any atom is -0.490 e. The van der Waals surface area contributed by atoms with Crippen molar-refractivity contribution >= 4 is 12.0 Å². The second kappa shape index (κ2) is 10.6. The molecular formula is C28H41NO4. The Morgan fingerprint density at radius 3 is 2.45 bits per heavy atom. The first-order valence-corrected chi connectivity index (χ1v) is 12.8. The molecule has 4 rings (SSSR count). The van der Waals surface area contributed by atoms with Crippen LogP contribution in [0.1, 0.15) is 76.8 Å². The van der Waals surface area contributed by atoms with E-state index in [0.29, 0.717) is 12.0 Å². The molecule has 1 heterocycles. The molecule has 33 heavy (non-hydrogen) atoms. The van der Waals surface area contributed by atoms with Gasteiger partial charge in [-0.3, -0.25) is 9.69 Å². The second-order valence-corrected chi connectivity index (χ2v) is 11.2. The van der Waals surface area contributed by atoms with Crippen molar-refractivity contribution in [1.82, 2.24) is 4.90 Å². The fourth-order valence-electron chi connectivity index (χ4n) is 5.33. The van der Waals surface area contributed by atoms with Gasteiger partial charge in [-0.1, -0.05) is 17.7 Å². The zero-order valence-corrected chi connectivity index (χ0v) is 20.6. The fourth-order valence-corrected chi connectivity index (χ4v) is 5.33. The van der Waals surface area contributed by atoms with Crippen LogP contribution in [0.4, 0.5) is 0 Å². The third-order valence-corrected chi connectivity index (χ3v) is 7.40. The normalized spacial score (nSPS) is 24.8. The predicted molar refractivity (Wildman–Crippen MR) is 132 cm³/mol. The molecular weight excluding hydrogens is 414 g/mol. The quantitative estimate of drug-likeness (QED) is 0.583. The maximum atomic E-state index is 11.2. The number of hydrogen-bond acceptors (Lipinski definition) is 4. The van der Waals surface area contributed by atoms with Crippen LogP contribution in [0.25, 0.3) is 6.08 Å². The third kappa shape index (κ3) is 7.07. The van der Waals surface area contributed by atoms with Gasteiger partial charge in [-0.15, -0.1) is 0 Å². The van der Waals surface area contributed by atoms with Crippen LogP contribution in [-0.2, 0) is 16.0 Å². The zero-order valence-electron chi connectivity index (χ0n) is 20.6. The largest absolute Gasteiger partial charge is 0.490 e. The minimum atomic E-state index is -0.638. The first-order chi connectivity index (χ1) is 15.7. The molecule has 0 spiro atoms. The van der Waals surface area contributed by atoms with Gasteiger partial charge in [0.25, 0.3) is 0 Å². The number of carbonyl (C=O) groups is 1. The number of carboxylic acid groups (broad SMARTS) is 1. The highest BCUT2D eigenvalue weighted by Gasteiger charge is 2.26. The van der Waals surface area contributed by atoms with Crippen LogP contribution in [0.3, 0.4) is 0 Å². The summed E-state index contributed by atoms with van der Waals surface area (Å²) in [5, 5.41) is 9.20. The molecule has 1 saturated heterocycles. The summed E-state index contributed by atoms with van der Waals surface area (Å²) in [6.45, 7) is 9.98. The number of fused-ring (bicyclic) bond motifs is 1. The lowest BCUT2D eigenvalue weighted by molar-refractivity contribution is -0.143. The number of aliphatic carboxylic acids is 1. The molecule has 0 atom stereocenters. The number of carboxylic acids is 1. The first kappa shape index (κ1) is 24.3. The molecule has 1 N–H and O–H groups in total. The van der Waals surface area contributed by atoms with Crippen molar-refractivity contribution < 1.29 is 19.4 Å². The number of piperidine rings is 1. The number of nitrogens with zero attached hydrogens (tertiary/aromatic N) is 1. The zero-order chi connectivity index (χ0) is 23.4. The lowest BCUT2D eigenvalue weighted by Crippen LogP contribution is -2.37. The Balaban J connectivity index is 1.25. The van der Waals surface area contributed by atoms with Crippen molar-refractivity contribution in [2.75, 3.05) is 26.2 Å². The smallest absolute Gasteiger partial charge is 0.306 e. The van der Waals surface area contributed by atoms with E-state index in [4.69, 9.17) is 9.47 Å². The number of rotatable bonds is 7. The molecule has 2 fully saturated rings. The number of hydrogen-bond donors (Lipinski definition) is 1. The van der Waals surface area contributed by atoms with Crippen molar-refractivity contribution in [2.45, 2.75) is 83.8 Å². The topological polar surface area (TPSA) is 59.0 Å². The summed E-state index contributed by atoms with van der Waals surface area (Å²) in [6, 6.07) is 6.59. The van der Waals surface area contributed by atoms with E-state index in [1.165, 1.54) is 29.5 Å². The van der Waals surface area contributed by atoms with Gasteiger partial charge in [0.1, 0.15) is 5.75 Å². The molecule has 1 aliphatic heterocycles. The van der Waals surface area contributed by atoms with Gasteiger partial charge in [0.2, 0.25) is 0 Å². The molecule has 1 aromatic rings. The molecule has 0 unspecified atom stereocenters. The predicted octanol–water partition coefficient (Wildman–Crippen LogP) is 5.57. The molecule has 0 radical (unpaired) electrons. The lowest BCUT2D eigenvalue weighted by Gasteiger charge is -2.32. The third-order valence-electron chi connectivity index (χ3n) is 7.40. The highest BCUT2D eigenvalue weighted by Crippen LogP contribution is 2.32. The highest BCUT2D eigenvalue weighted by molar-refractivity contribution is 5.70. The Labute approximate surface area is 199 Å². The van der Waals surface area contributed by atoms with Crippen LogP contribution in [0.5, 0.6) is 5.75 Å². The standard InChI is InChI=1S/C28H41NO4/c1-28(2,3)32-19-20-5-9-25(10-6-20)33-26-11-8-23-16-21(4-7-24(23)17-26)18-29-14-12-22(13-15-29)27(30)31/h8,11,16-17,20,22,25H,4-7,9-10,12-15,18-19H2,1-3H3,(H,30,31)/t20-,25-. The molecule has 182 valence electrons. The Morgan fingerprint density at radius 2 is 1.79 bits per heavy atom. The van der Waals surface area contributed by atoms with Gasteiger partial charge >= 0.3 is 5.97 Å². The van der Waals surface area contributed by atoms with Crippen molar-refractivity contribution in [2.24, 2.45) is 11.8 Å². The van der Waals surface area contributed by atoms with Crippen molar-refractivity contribution in [1.29, 1.82) is 0 Å². The highest BCUT2D eigenvalue weighted by atomic mass is 16.5. The van der Waals surface area contributed by atoms with Crippen molar-refractivity contribution in [3.63, 3.8) is 0 Å². The monoisotopic (exact) mass is 455 g/mol. The van der Waals surface area contributed by atoms with Crippen molar-refractivity contribution in [3.8, 4) is 5.75 Å². The van der Waals surface area contributed by atoms with E-state index < -0.39 is 5.97 Å². The Bertz CT molecular complexity index is 840. The maximum Gasteiger partial charge on any atom is 0.306 e. The Hall–Kier alpha value is -1.85. The maximum absolute atomic E-state index is 11.2. The number of benzene rings is 1. The molecule has 2 aliphatic carbocycles. The van der Waals surface area contributed by atoms with Gasteiger partial charge in [-0.05, 0) is 114 Å². The summed E-state index contributed by atoms with van der Waals surface area (Å²) in [7, 11) is 0. The molecule has 1 saturated carbocycles. The summed E-state index contributed by atoms with van der Waals surface area (Å²) in [5.74, 6) is 0.871. The van der Waals surface area contributed by atoms with Crippen LogP contribution in [0, 0.1) is 11.8 Å². The van der Waals surface area contributed by atoms with Crippen LogP contribution in [0.15, 0.2) is 23.8 Å². The minimum absolute atomic E-state index is 0.0536. The average Bonchev–Trinajstić information content (AvgIpc) is 2.78. The molecule has 0 aromatic heterocycles. The summed E-state index contributed by atoms with van der Waals surface area (Å²) in [5.41, 5.74) is 4.10. The number of aryl methyl sites for hydroxylation is 1. The van der Waals surface area contributed by atoms with Gasteiger partial charge in [0.15, 0.2) is 0 Å². The van der Waals surface area contributed by atoms with E-state index in [9.17, 15) is 9.90 Å². The van der Waals surface area contributed by atoms with E-state index in [0.717, 1.165) is 70.5 Å². The Morgan fingerprint density at radius 1 is 1.06 bits per heavy atom. The number of ether oxygens (including phenoxy) is 2. The van der Waals surface area contributed by atoms with Gasteiger partial charge < -0.3 is 14.6 Å². The summed E-state index contributed by atoms with van der Waals surface area (Å²) in [4.78, 5) is 13.6. The first-order valence-electron chi connectivity index (χ1n) is 12.8. The average molecular weight is 456 g/mol. The molecule has 0 amide bonds. The van der Waals surface area contributed by atoms with Gasteiger partial charge in [0.05, 0.1) is 24.2 Å².